The molecule has 0 heterocycles. The molecule has 2 heteroatoms. The van der Waals surface area contributed by atoms with Crippen molar-refractivity contribution in [1.82, 2.24) is 0 Å². The Hall–Kier alpha value is -0.0800. The van der Waals surface area contributed by atoms with E-state index in [0.29, 0.717) is 0 Å². The first-order chi connectivity index (χ1) is 7.64. The zero-order chi connectivity index (χ0) is 10.8. The van der Waals surface area contributed by atoms with E-state index in [2.05, 4.69) is 0 Å². The standard InChI is InChI=1S/C14H20O2/c15-9-11-3-1-4-12(11,7-11)10(16)14-6-2-5-13(9,14)8-14/h9-10,15-16H,1-8H2/t9?,10?,11-,12-,13-,14+/m0/s1. The van der Waals surface area contributed by atoms with Crippen LogP contribution in [0.25, 0.3) is 0 Å². The van der Waals surface area contributed by atoms with Crippen molar-refractivity contribution >= 4 is 0 Å². The lowest BCUT2D eigenvalue weighted by atomic mass is 9.67. The zero-order valence-electron chi connectivity index (χ0n) is 9.71. The van der Waals surface area contributed by atoms with Gasteiger partial charge in [-0.15, -0.1) is 0 Å². The van der Waals surface area contributed by atoms with Crippen LogP contribution >= 0.6 is 0 Å². The molecule has 0 aromatic carbocycles. The van der Waals surface area contributed by atoms with Crippen LogP contribution in [0.3, 0.4) is 0 Å². The maximum Gasteiger partial charge on any atom is 0.0665 e. The van der Waals surface area contributed by atoms with E-state index in [-0.39, 0.29) is 33.9 Å². The molecular formula is C14H20O2. The quantitative estimate of drug-likeness (QED) is 0.654. The number of aliphatic hydroxyl groups excluding tert-OH is 2. The molecule has 5 aliphatic rings. The topological polar surface area (TPSA) is 40.5 Å². The highest BCUT2D eigenvalue weighted by Crippen LogP contribution is 2.93. The van der Waals surface area contributed by atoms with Crippen LogP contribution < -0.4 is 0 Å². The van der Waals surface area contributed by atoms with Crippen LogP contribution in [-0.2, 0) is 0 Å². The van der Waals surface area contributed by atoms with Gasteiger partial charge in [0.2, 0.25) is 0 Å². The molecule has 0 aromatic rings. The molecule has 16 heavy (non-hydrogen) atoms. The van der Waals surface area contributed by atoms with E-state index >= 15 is 0 Å². The Morgan fingerprint density at radius 1 is 0.625 bits per heavy atom. The third kappa shape index (κ3) is 0.535. The van der Waals surface area contributed by atoms with Gasteiger partial charge in [-0.05, 0) is 38.5 Å². The van der Waals surface area contributed by atoms with Gasteiger partial charge in [0.05, 0.1) is 12.2 Å². The van der Waals surface area contributed by atoms with Crippen molar-refractivity contribution in [2.45, 2.75) is 63.6 Å². The molecule has 0 aliphatic heterocycles. The van der Waals surface area contributed by atoms with Crippen molar-refractivity contribution in [1.29, 1.82) is 0 Å². The highest BCUT2D eigenvalue weighted by molar-refractivity contribution is 5.41. The van der Waals surface area contributed by atoms with E-state index in [4.69, 9.17) is 0 Å². The van der Waals surface area contributed by atoms with Crippen molar-refractivity contribution in [3.63, 3.8) is 0 Å². The Morgan fingerprint density at radius 3 is 1.25 bits per heavy atom. The van der Waals surface area contributed by atoms with Gasteiger partial charge in [0, 0.05) is 21.7 Å². The molecule has 5 saturated carbocycles. The average molecular weight is 220 g/mol. The summed E-state index contributed by atoms with van der Waals surface area (Å²) in [6.07, 6.45) is 9.32. The van der Waals surface area contributed by atoms with E-state index in [1.165, 1.54) is 38.5 Å². The minimum Gasteiger partial charge on any atom is -0.392 e. The Bertz CT molecular complexity index is 338. The molecule has 88 valence electrons. The molecule has 2 unspecified atom stereocenters. The van der Waals surface area contributed by atoms with E-state index in [1.807, 2.05) is 0 Å². The fourth-order valence-corrected chi connectivity index (χ4v) is 6.91. The number of rotatable bonds is 0. The van der Waals surface area contributed by atoms with Gasteiger partial charge in [0.25, 0.3) is 0 Å². The van der Waals surface area contributed by atoms with Crippen LogP contribution in [0.15, 0.2) is 0 Å². The Labute approximate surface area is 96.0 Å². The van der Waals surface area contributed by atoms with E-state index < -0.39 is 0 Å². The van der Waals surface area contributed by atoms with E-state index in [1.54, 1.807) is 0 Å². The third-order valence-electron chi connectivity index (χ3n) is 7.58. The van der Waals surface area contributed by atoms with Crippen LogP contribution in [0.5, 0.6) is 0 Å². The predicted molar refractivity (Wildman–Crippen MR) is 58.7 cm³/mol. The number of hydrogen-bond acceptors (Lipinski definition) is 2. The molecule has 0 aromatic heterocycles. The minimum atomic E-state index is -0.0756. The van der Waals surface area contributed by atoms with Gasteiger partial charge in [-0.1, -0.05) is 12.8 Å². The molecule has 0 radical (unpaired) electrons. The number of aliphatic hydroxyl groups is 2. The van der Waals surface area contributed by atoms with Gasteiger partial charge >= 0.3 is 0 Å². The fraction of sp³-hybridized carbons (Fsp3) is 1.00. The Kier molecular flexibility index (Phi) is 1.12. The van der Waals surface area contributed by atoms with Crippen LogP contribution in [0.2, 0.25) is 0 Å². The minimum absolute atomic E-state index is 0.0756. The van der Waals surface area contributed by atoms with Gasteiger partial charge in [-0.2, -0.15) is 0 Å². The molecule has 6 atom stereocenters. The summed E-state index contributed by atoms with van der Waals surface area (Å²) in [5.41, 5.74) is 0.654. The summed E-state index contributed by atoms with van der Waals surface area (Å²) in [6, 6.07) is 0. The summed E-state index contributed by atoms with van der Waals surface area (Å²) < 4.78 is 0. The van der Waals surface area contributed by atoms with Gasteiger partial charge in [0.15, 0.2) is 0 Å². The summed E-state index contributed by atoms with van der Waals surface area (Å²) in [5, 5.41) is 21.7. The van der Waals surface area contributed by atoms with E-state index in [9.17, 15) is 10.2 Å². The summed E-state index contributed by atoms with van der Waals surface area (Å²) >= 11 is 0. The molecule has 5 aliphatic carbocycles. The summed E-state index contributed by atoms with van der Waals surface area (Å²) in [6.45, 7) is 0. The van der Waals surface area contributed by atoms with Crippen molar-refractivity contribution < 1.29 is 10.2 Å². The molecule has 5 fully saturated rings. The SMILES string of the molecule is OC1[C@@]23CCC[C@]2(C3)C(O)[C@]23CCC[C@]12C3. The monoisotopic (exact) mass is 220 g/mol. The second kappa shape index (κ2) is 2.01. The normalized spacial score (nSPS) is 73.9. The second-order valence-corrected chi connectivity index (χ2v) is 7.49. The van der Waals surface area contributed by atoms with Crippen LogP contribution in [0.4, 0.5) is 0 Å². The largest absolute Gasteiger partial charge is 0.392 e. The third-order valence-corrected chi connectivity index (χ3v) is 7.58. The molecule has 0 amide bonds. The smallest absolute Gasteiger partial charge is 0.0665 e. The van der Waals surface area contributed by atoms with Gasteiger partial charge < -0.3 is 10.2 Å². The summed E-state index contributed by atoms with van der Waals surface area (Å²) in [4.78, 5) is 0. The van der Waals surface area contributed by atoms with Crippen LogP contribution in [0.1, 0.15) is 51.4 Å². The lowest BCUT2D eigenvalue weighted by molar-refractivity contribution is -0.0969. The van der Waals surface area contributed by atoms with Crippen LogP contribution in [0, 0.1) is 21.7 Å². The van der Waals surface area contributed by atoms with Crippen LogP contribution in [-0.4, -0.2) is 22.4 Å². The number of hydrogen-bond donors (Lipinski definition) is 2. The Balaban J connectivity index is 1.72. The fourth-order valence-electron chi connectivity index (χ4n) is 6.91. The zero-order valence-corrected chi connectivity index (χ0v) is 9.71. The molecule has 2 nitrogen and oxygen atoms in total. The molecule has 0 bridgehead atoms. The van der Waals surface area contributed by atoms with Gasteiger partial charge in [-0.25, -0.2) is 0 Å². The first kappa shape index (κ1) is 8.93. The molecule has 0 saturated heterocycles. The molecule has 5 rings (SSSR count). The van der Waals surface area contributed by atoms with E-state index in [0.717, 1.165) is 12.8 Å². The second-order valence-electron chi connectivity index (χ2n) is 7.49. The predicted octanol–water partition coefficient (Wildman–Crippen LogP) is 1.84. The lowest BCUT2D eigenvalue weighted by Crippen LogP contribution is -2.48. The molecular weight excluding hydrogens is 200 g/mol. The summed E-state index contributed by atoms with van der Waals surface area (Å²) in [7, 11) is 0. The van der Waals surface area contributed by atoms with Crippen molar-refractivity contribution in [3.8, 4) is 0 Å². The van der Waals surface area contributed by atoms with Crippen molar-refractivity contribution in [3.05, 3.63) is 0 Å². The van der Waals surface area contributed by atoms with Gasteiger partial charge in [0.1, 0.15) is 0 Å². The van der Waals surface area contributed by atoms with Crippen molar-refractivity contribution in [2.75, 3.05) is 0 Å². The highest BCUT2D eigenvalue weighted by atomic mass is 16.3. The maximum atomic E-state index is 10.8. The first-order valence-corrected chi connectivity index (χ1v) is 7.00. The van der Waals surface area contributed by atoms with Gasteiger partial charge in [-0.3, -0.25) is 0 Å². The maximum absolute atomic E-state index is 10.8. The van der Waals surface area contributed by atoms with Crippen molar-refractivity contribution in [2.24, 2.45) is 21.7 Å². The Morgan fingerprint density at radius 2 is 0.938 bits per heavy atom. The first-order valence-electron chi connectivity index (χ1n) is 7.00. The molecule has 0 spiro atoms. The summed E-state index contributed by atoms with van der Waals surface area (Å²) in [5.74, 6) is 0. The average Bonchev–Trinajstić information content (AvgIpc) is 3.05. The molecule has 2 N–H and O–H groups in total. The lowest BCUT2D eigenvalue weighted by Gasteiger charge is -2.42. The highest BCUT2D eigenvalue weighted by Gasteiger charge is 2.92.